The largest absolute Gasteiger partial charge is 0.384 e. The van der Waals surface area contributed by atoms with Crippen molar-refractivity contribution in [2.45, 2.75) is 26.9 Å². The molecular formula is C14H19N3O. The highest BCUT2D eigenvalue weighted by Crippen LogP contribution is 2.27. The maximum Gasteiger partial charge on any atom is 0.137 e. The number of aromatic nitrogens is 2. The molecule has 0 bridgehead atoms. The molecule has 0 spiro atoms. The number of aryl methyl sites for hydroxylation is 3. The van der Waals surface area contributed by atoms with Crippen LogP contribution in [0.4, 0.5) is 0 Å². The molecular weight excluding hydrogens is 226 g/mol. The third-order valence-electron chi connectivity index (χ3n) is 3.09. The van der Waals surface area contributed by atoms with Crippen LogP contribution in [0.15, 0.2) is 18.2 Å². The summed E-state index contributed by atoms with van der Waals surface area (Å²) < 4.78 is 0. The number of imidazole rings is 1. The van der Waals surface area contributed by atoms with Crippen molar-refractivity contribution >= 4 is 0 Å². The molecule has 1 aromatic carbocycles. The Bertz CT molecular complexity index is 560. The van der Waals surface area contributed by atoms with Gasteiger partial charge in [-0.05, 0) is 32.4 Å². The number of aliphatic hydroxyl groups is 1. The molecule has 18 heavy (non-hydrogen) atoms. The van der Waals surface area contributed by atoms with Crippen LogP contribution in [0, 0.1) is 20.8 Å². The number of H-pyrrole nitrogens is 1. The molecule has 1 atom stereocenters. The first-order valence-electron chi connectivity index (χ1n) is 6.05. The molecule has 0 aliphatic rings. The van der Waals surface area contributed by atoms with Crippen LogP contribution < -0.4 is 5.73 Å². The van der Waals surface area contributed by atoms with Crippen molar-refractivity contribution in [3.63, 3.8) is 0 Å². The molecule has 4 N–H and O–H groups in total. The Morgan fingerprint density at radius 3 is 2.72 bits per heavy atom. The van der Waals surface area contributed by atoms with E-state index in [1.54, 1.807) is 0 Å². The molecule has 1 heterocycles. The summed E-state index contributed by atoms with van der Waals surface area (Å²) in [5, 5.41) is 9.72. The monoisotopic (exact) mass is 245 g/mol. The summed E-state index contributed by atoms with van der Waals surface area (Å²) in [4.78, 5) is 7.57. The molecule has 2 rings (SSSR count). The lowest BCUT2D eigenvalue weighted by molar-refractivity contribution is 0.177. The van der Waals surface area contributed by atoms with Gasteiger partial charge in [-0.15, -0.1) is 0 Å². The van der Waals surface area contributed by atoms with E-state index >= 15 is 0 Å². The quantitative estimate of drug-likeness (QED) is 0.774. The van der Waals surface area contributed by atoms with Crippen molar-refractivity contribution in [2.75, 3.05) is 6.54 Å². The fourth-order valence-electron chi connectivity index (χ4n) is 2.01. The van der Waals surface area contributed by atoms with E-state index in [1.807, 2.05) is 6.92 Å². The van der Waals surface area contributed by atoms with Gasteiger partial charge in [0.15, 0.2) is 0 Å². The number of hydrogen-bond acceptors (Lipinski definition) is 3. The van der Waals surface area contributed by atoms with Gasteiger partial charge < -0.3 is 15.8 Å². The predicted octanol–water partition coefficient (Wildman–Crippen LogP) is 1.99. The zero-order chi connectivity index (χ0) is 13.3. The second-order valence-electron chi connectivity index (χ2n) is 4.67. The van der Waals surface area contributed by atoms with Gasteiger partial charge in [-0.1, -0.05) is 17.7 Å². The molecule has 1 aromatic heterocycles. The van der Waals surface area contributed by atoms with Crippen LogP contribution in [0.25, 0.3) is 11.3 Å². The smallest absolute Gasteiger partial charge is 0.137 e. The average Bonchev–Trinajstić information content (AvgIpc) is 2.73. The van der Waals surface area contributed by atoms with Gasteiger partial charge in [0.2, 0.25) is 0 Å². The number of benzene rings is 1. The summed E-state index contributed by atoms with van der Waals surface area (Å²) in [6, 6.07) is 6.27. The fourth-order valence-corrected chi connectivity index (χ4v) is 2.01. The summed E-state index contributed by atoms with van der Waals surface area (Å²) in [6.07, 6.45) is -0.734. The first kappa shape index (κ1) is 12.8. The number of hydrogen-bond donors (Lipinski definition) is 3. The normalized spacial score (nSPS) is 12.7. The minimum Gasteiger partial charge on any atom is -0.384 e. The minimum atomic E-state index is -0.734. The fraction of sp³-hybridized carbons (Fsp3) is 0.357. The van der Waals surface area contributed by atoms with E-state index in [2.05, 4.69) is 42.0 Å². The second kappa shape index (κ2) is 4.92. The van der Waals surface area contributed by atoms with Crippen molar-refractivity contribution in [3.05, 3.63) is 40.8 Å². The van der Waals surface area contributed by atoms with Gasteiger partial charge in [0.05, 0.1) is 5.69 Å². The summed E-state index contributed by atoms with van der Waals surface area (Å²) in [7, 11) is 0. The Labute approximate surface area is 107 Å². The van der Waals surface area contributed by atoms with Crippen LogP contribution in [0.2, 0.25) is 0 Å². The maximum atomic E-state index is 9.72. The molecule has 0 aliphatic heterocycles. The van der Waals surface area contributed by atoms with Gasteiger partial charge in [-0.2, -0.15) is 0 Å². The lowest BCUT2D eigenvalue weighted by Crippen LogP contribution is -2.12. The lowest BCUT2D eigenvalue weighted by atomic mass is 10.0. The van der Waals surface area contributed by atoms with Gasteiger partial charge in [0.1, 0.15) is 11.9 Å². The average molecular weight is 245 g/mol. The van der Waals surface area contributed by atoms with Crippen LogP contribution in [0.5, 0.6) is 0 Å². The van der Waals surface area contributed by atoms with Crippen LogP contribution >= 0.6 is 0 Å². The van der Waals surface area contributed by atoms with Crippen LogP contribution in [0.3, 0.4) is 0 Å². The molecule has 0 radical (unpaired) electrons. The number of rotatable bonds is 3. The molecule has 96 valence electrons. The number of aromatic amines is 1. The van der Waals surface area contributed by atoms with Crippen molar-refractivity contribution in [3.8, 4) is 11.3 Å². The minimum absolute atomic E-state index is 0.166. The molecule has 0 fully saturated rings. The summed E-state index contributed by atoms with van der Waals surface area (Å²) in [5.74, 6) is 0.533. The van der Waals surface area contributed by atoms with Gasteiger partial charge in [0, 0.05) is 17.8 Å². The third-order valence-corrected chi connectivity index (χ3v) is 3.09. The Morgan fingerprint density at radius 1 is 1.33 bits per heavy atom. The van der Waals surface area contributed by atoms with E-state index in [4.69, 9.17) is 5.73 Å². The molecule has 0 aliphatic carbocycles. The SMILES string of the molecule is Cc1ccc(C)c(-c2nc(C(O)CN)[nH]c2C)c1. The number of nitrogens with two attached hydrogens (primary N) is 1. The highest BCUT2D eigenvalue weighted by atomic mass is 16.3. The standard InChI is InChI=1S/C14H19N3O/c1-8-4-5-9(2)11(6-8)13-10(3)16-14(17-13)12(18)7-15/h4-6,12,18H,7,15H2,1-3H3,(H,16,17). The van der Waals surface area contributed by atoms with Crippen molar-refractivity contribution in [1.29, 1.82) is 0 Å². The van der Waals surface area contributed by atoms with Gasteiger partial charge in [-0.3, -0.25) is 0 Å². The number of aliphatic hydroxyl groups excluding tert-OH is 1. The van der Waals surface area contributed by atoms with Gasteiger partial charge in [-0.25, -0.2) is 4.98 Å². The van der Waals surface area contributed by atoms with E-state index in [0.29, 0.717) is 5.82 Å². The van der Waals surface area contributed by atoms with Crippen molar-refractivity contribution in [1.82, 2.24) is 9.97 Å². The zero-order valence-corrected chi connectivity index (χ0v) is 11.0. The van der Waals surface area contributed by atoms with Crippen LogP contribution in [0.1, 0.15) is 28.7 Å². The molecule has 1 unspecified atom stereocenters. The second-order valence-corrected chi connectivity index (χ2v) is 4.67. The molecule has 2 aromatic rings. The molecule has 0 saturated heterocycles. The van der Waals surface area contributed by atoms with Crippen LogP contribution in [-0.2, 0) is 0 Å². The summed E-state index contributed by atoms with van der Waals surface area (Å²) in [6.45, 7) is 6.23. The summed E-state index contributed by atoms with van der Waals surface area (Å²) >= 11 is 0. The Balaban J connectivity index is 2.50. The van der Waals surface area contributed by atoms with Gasteiger partial charge in [0.25, 0.3) is 0 Å². The molecule has 4 heteroatoms. The van der Waals surface area contributed by atoms with Gasteiger partial charge >= 0.3 is 0 Å². The molecule has 0 saturated carbocycles. The highest BCUT2D eigenvalue weighted by molar-refractivity contribution is 5.66. The molecule has 0 amide bonds. The zero-order valence-electron chi connectivity index (χ0n) is 11.0. The summed E-state index contributed by atoms with van der Waals surface area (Å²) in [5.41, 5.74) is 10.7. The van der Waals surface area contributed by atoms with Crippen molar-refractivity contribution < 1.29 is 5.11 Å². The maximum absolute atomic E-state index is 9.72. The van der Waals surface area contributed by atoms with E-state index in [0.717, 1.165) is 17.0 Å². The van der Waals surface area contributed by atoms with Crippen molar-refractivity contribution in [2.24, 2.45) is 5.73 Å². The topological polar surface area (TPSA) is 74.9 Å². The van der Waals surface area contributed by atoms with E-state index < -0.39 is 6.10 Å². The van der Waals surface area contributed by atoms with E-state index in [1.165, 1.54) is 11.1 Å². The first-order chi connectivity index (χ1) is 8.52. The van der Waals surface area contributed by atoms with E-state index in [9.17, 15) is 5.11 Å². The Morgan fingerprint density at radius 2 is 2.06 bits per heavy atom. The number of nitrogens with zero attached hydrogens (tertiary/aromatic N) is 1. The Hall–Kier alpha value is -1.65. The third kappa shape index (κ3) is 2.30. The predicted molar refractivity (Wildman–Crippen MR) is 72.2 cm³/mol. The Kier molecular flexibility index (Phi) is 3.50. The van der Waals surface area contributed by atoms with Crippen LogP contribution in [-0.4, -0.2) is 21.6 Å². The number of nitrogens with one attached hydrogen (secondary N) is 1. The van der Waals surface area contributed by atoms with E-state index in [-0.39, 0.29) is 6.54 Å². The highest BCUT2D eigenvalue weighted by Gasteiger charge is 2.15. The first-order valence-corrected chi connectivity index (χ1v) is 6.05. The molecule has 4 nitrogen and oxygen atoms in total. The lowest BCUT2D eigenvalue weighted by Gasteiger charge is -2.05.